The Morgan fingerprint density at radius 1 is 0.885 bits per heavy atom. The van der Waals surface area contributed by atoms with Crippen LogP contribution in [0.15, 0.2) is 60.8 Å². The van der Waals surface area contributed by atoms with E-state index in [2.05, 4.69) is 89.2 Å². The number of nitrogens with zero attached hydrogens (tertiary/aromatic N) is 1. The highest BCUT2D eigenvalue weighted by molar-refractivity contribution is 5.87. The monoisotopic (exact) mass is 341 g/mol. The van der Waals surface area contributed by atoms with E-state index in [9.17, 15) is 0 Å². The SMILES string of the molecule is CCC(C)(C)c1ccnc(-c2cccc3c2C(C)(C)c2ccccc2-3)c1. The van der Waals surface area contributed by atoms with Gasteiger partial charge < -0.3 is 0 Å². The molecule has 26 heavy (non-hydrogen) atoms. The third kappa shape index (κ3) is 2.41. The summed E-state index contributed by atoms with van der Waals surface area (Å²) < 4.78 is 0. The lowest BCUT2D eigenvalue weighted by Gasteiger charge is -2.26. The van der Waals surface area contributed by atoms with E-state index in [0.29, 0.717) is 0 Å². The molecular formula is C25H27N. The summed E-state index contributed by atoms with van der Waals surface area (Å²) in [5.74, 6) is 0. The molecule has 0 amide bonds. The Morgan fingerprint density at radius 3 is 2.35 bits per heavy atom. The Morgan fingerprint density at radius 2 is 1.58 bits per heavy atom. The summed E-state index contributed by atoms with van der Waals surface area (Å²) in [6.07, 6.45) is 3.08. The first-order valence-corrected chi connectivity index (χ1v) is 9.56. The molecule has 0 saturated carbocycles. The maximum absolute atomic E-state index is 4.76. The van der Waals surface area contributed by atoms with E-state index in [1.807, 2.05) is 6.20 Å². The van der Waals surface area contributed by atoms with Crippen LogP contribution in [0.4, 0.5) is 0 Å². The summed E-state index contributed by atoms with van der Waals surface area (Å²) in [7, 11) is 0. The van der Waals surface area contributed by atoms with Crippen LogP contribution in [0.25, 0.3) is 22.4 Å². The van der Waals surface area contributed by atoms with Crippen molar-refractivity contribution in [3.05, 3.63) is 77.5 Å². The average Bonchev–Trinajstić information content (AvgIpc) is 2.90. The lowest BCUT2D eigenvalue weighted by atomic mass is 9.78. The number of pyridine rings is 1. The molecular weight excluding hydrogens is 314 g/mol. The van der Waals surface area contributed by atoms with Gasteiger partial charge in [0.2, 0.25) is 0 Å². The first-order valence-electron chi connectivity index (χ1n) is 9.56. The summed E-state index contributed by atoms with van der Waals surface area (Å²) >= 11 is 0. The van der Waals surface area contributed by atoms with E-state index in [4.69, 9.17) is 4.98 Å². The second kappa shape index (κ2) is 5.81. The highest BCUT2D eigenvalue weighted by atomic mass is 14.7. The highest BCUT2D eigenvalue weighted by Gasteiger charge is 2.37. The molecule has 0 fully saturated rings. The Labute approximate surface area is 157 Å². The van der Waals surface area contributed by atoms with Gasteiger partial charge in [-0.15, -0.1) is 0 Å². The lowest BCUT2D eigenvalue weighted by molar-refractivity contribution is 0.506. The fourth-order valence-electron chi connectivity index (χ4n) is 4.26. The Hall–Kier alpha value is -2.41. The van der Waals surface area contributed by atoms with E-state index in [0.717, 1.165) is 12.1 Å². The van der Waals surface area contributed by atoms with Gasteiger partial charge in [0, 0.05) is 17.2 Å². The van der Waals surface area contributed by atoms with Crippen LogP contribution < -0.4 is 0 Å². The van der Waals surface area contributed by atoms with Crippen molar-refractivity contribution < 1.29 is 0 Å². The molecule has 2 aromatic carbocycles. The molecule has 1 nitrogen and oxygen atoms in total. The Balaban J connectivity index is 1.94. The molecule has 0 unspecified atom stereocenters. The standard InChI is InChI=1S/C25H27N/c1-6-24(2,3)17-14-15-26-22(16-17)20-12-9-11-19-18-10-7-8-13-21(18)25(4,5)23(19)20/h7-16H,6H2,1-5H3. The minimum atomic E-state index is -0.0134. The Kier molecular flexibility index (Phi) is 3.80. The smallest absolute Gasteiger partial charge is 0.0708 e. The van der Waals surface area contributed by atoms with Crippen molar-refractivity contribution >= 4 is 0 Å². The predicted molar refractivity (Wildman–Crippen MR) is 111 cm³/mol. The number of aromatic nitrogens is 1. The normalized spacial score (nSPS) is 14.8. The van der Waals surface area contributed by atoms with Crippen LogP contribution in [-0.4, -0.2) is 4.98 Å². The summed E-state index contributed by atoms with van der Waals surface area (Å²) in [5, 5.41) is 0. The molecule has 0 N–H and O–H groups in total. The van der Waals surface area contributed by atoms with Crippen LogP contribution >= 0.6 is 0 Å². The third-order valence-corrected chi connectivity index (χ3v) is 6.28. The quantitative estimate of drug-likeness (QED) is 0.514. The van der Waals surface area contributed by atoms with E-state index >= 15 is 0 Å². The van der Waals surface area contributed by atoms with E-state index in [1.165, 1.54) is 33.4 Å². The van der Waals surface area contributed by atoms with Gasteiger partial charge in [-0.2, -0.15) is 0 Å². The number of hydrogen-bond donors (Lipinski definition) is 0. The molecule has 1 aliphatic carbocycles. The van der Waals surface area contributed by atoms with Crippen LogP contribution in [0.5, 0.6) is 0 Å². The van der Waals surface area contributed by atoms with Gasteiger partial charge in [0.15, 0.2) is 0 Å². The third-order valence-electron chi connectivity index (χ3n) is 6.28. The van der Waals surface area contributed by atoms with Crippen molar-refractivity contribution in [2.75, 3.05) is 0 Å². The highest BCUT2D eigenvalue weighted by Crippen LogP contribution is 2.51. The molecule has 0 spiro atoms. The van der Waals surface area contributed by atoms with E-state index in [-0.39, 0.29) is 10.8 Å². The topological polar surface area (TPSA) is 12.9 Å². The zero-order chi connectivity index (χ0) is 18.5. The summed E-state index contributed by atoms with van der Waals surface area (Å²) in [5.41, 5.74) is 9.38. The van der Waals surface area contributed by atoms with E-state index < -0.39 is 0 Å². The molecule has 1 heteroatoms. The van der Waals surface area contributed by atoms with Crippen molar-refractivity contribution in [3.63, 3.8) is 0 Å². The zero-order valence-electron chi connectivity index (χ0n) is 16.4. The van der Waals surface area contributed by atoms with Gasteiger partial charge >= 0.3 is 0 Å². The molecule has 1 aromatic heterocycles. The van der Waals surface area contributed by atoms with Crippen LogP contribution in [0.2, 0.25) is 0 Å². The molecule has 4 rings (SSSR count). The minimum absolute atomic E-state index is 0.0134. The molecule has 0 bridgehead atoms. The van der Waals surface area contributed by atoms with Gasteiger partial charge in [-0.1, -0.05) is 77.1 Å². The molecule has 0 saturated heterocycles. The maximum Gasteiger partial charge on any atom is 0.0708 e. The van der Waals surface area contributed by atoms with Crippen molar-refractivity contribution in [3.8, 4) is 22.4 Å². The predicted octanol–water partition coefficient (Wildman–Crippen LogP) is 6.74. The van der Waals surface area contributed by atoms with Crippen molar-refractivity contribution in [2.24, 2.45) is 0 Å². The number of rotatable bonds is 3. The molecule has 0 radical (unpaired) electrons. The van der Waals surface area contributed by atoms with Crippen molar-refractivity contribution in [1.82, 2.24) is 4.98 Å². The molecule has 1 aliphatic rings. The largest absolute Gasteiger partial charge is 0.256 e. The average molecular weight is 341 g/mol. The summed E-state index contributed by atoms with van der Waals surface area (Å²) in [6.45, 7) is 11.5. The number of benzene rings is 2. The molecule has 132 valence electrons. The van der Waals surface area contributed by atoms with Crippen LogP contribution in [0.1, 0.15) is 57.7 Å². The number of fused-ring (bicyclic) bond motifs is 3. The van der Waals surface area contributed by atoms with Gasteiger partial charge in [-0.05, 0) is 51.8 Å². The zero-order valence-corrected chi connectivity index (χ0v) is 16.4. The molecule has 3 aromatic rings. The van der Waals surface area contributed by atoms with Crippen molar-refractivity contribution in [2.45, 2.75) is 51.9 Å². The second-order valence-corrected chi connectivity index (χ2v) is 8.57. The number of hydrogen-bond acceptors (Lipinski definition) is 1. The van der Waals surface area contributed by atoms with Gasteiger partial charge in [0.25, 0.3) is 0 Å². The molecule has 1 heterocycles. The summed E-state index contributed by atoms with van der Waals surface area (Å²) in [6, 6.07) is 19.9. The fourth-order valence-corrected chi connectivity index (χ4v) is 4.26. The molecule has 0 atom stereocenters. The van der Waals surface area contributed by atoms with Gasteiger partial charge in [0.1, 0.15) is 0 Å². The van der Waals surface area contributed by atoms with Crippen molar-refractivity contribution in [1.29, 1.82) is 0 Å². The second-order valence-electron chi connectivity index (χ2n) is 8.57. The lowest BCUT2D eigenvalue weighted by Crippen LogP contribution is -2.17. The molecule has 0 aliphatic heterocycles. The first kappa shape index (κ1) is 17.0. The van der Waals surface area contributed by atoms with Crippen LogP contribution in [-0.2, 0) is 10.8 Å². The van der Waals surface area contributed by atoms with Crippen LogP contribution in [0, 0.1) is 0 Å². The summed E-state index contributed by atoms with van der Waals surface area (Å²) in [4.78, 5) is 4.76. The van der Waals surface area contributed by atoms with Gasteiger partial charge in [0.05, 0.1) is 5.69 Å². The van der Waals surface area contributed by atoms with E-state index in [1.54, 1.807) is 0 Å². The van der Waals surface area contributed by atoms with Gasteiger partial charge in [-0.25, -0.2) is 0 Å². The first-order chi connectivity index (χ1) is 12.4. The maximum atomic E-state index is 4.76. The fraction of sp³-hybridized carbons (Fsp3) is 0.320. The van der Waals surface area contributed by atoms with Crippen LogP contribution in [0.3, 0.4) is 0 Å². The Bertz CT molecular complexity index is 979. The van der Waals surface area contributed by atoms with Gasteiger partial charge in [-0.3, -0.25) is 4.98 Å². The minimum Gasteiger partial charge on any atom is -0.256 e.